The molecular formula is C21H16F4N4O3. The highest BCUT2D eigenvalue weighted by molar-refractivity contribution is 6.10. The Morgan fingerprint density at radius 1 is 1.16 bits per heavy atom. The lowest BCUT2D eigenvalue weighted by Crippen LogP contribution is -2.23. The van der Waals surface area contributed by atoms with Gasteiger partial charge in [-0.25, -0.2) is 13.8 Å². The van der Waals surface area contributed by atoms with Gasteiger partial charge in [-0.1, -0.05) is 0 Å². The molecular weight excluding hydrogens is 432 g/mol. The number of carbonyl (C=O) groups excluding carboxylic acids is 1. The second kappa shape index (κ2) is 8.77. The van der Waals surface area contributed by atoms with Gasteiger partial charge in [0.15, 0.2) is 6.61 Å². The monoisotopic (exact) mass is 448 g/mol. The van der Waals surface area contributed by atoms with E-state index in [-0.39, 0.29) is 24.1 Å². The molecule has 0 saturated carbocycles. The van der Waals surface area contributed by atoms with Gasteiger partial charge in [0.2, 0.25) is 5.88 Å². The first-order valence-electron chi connectivity index (χ1n) is 9.41. The lowest BCUT2D eigenvalue weighted by atomic mass is 10.1. The molecule has 0 fully saturated rings. The zero-order chi connectivity index (χ0) is 22.8. The molecule has 0 N–H and O–H groups in total. The van der Waals surface area contributed by atoms with Crippen molar-refractivity contribution in [2.45, 2.75) is 26.5 Å². The number of anilines is 1. The van der Waals surface area contributed by atoms with Crippen LogP contribution < -0.4 is 14.4 Å². The standard InChI is InChI=1S/C21H16F4N4O3/c1-11-4-15(12-5-14(8-26-7-12)32-21(24)25)28-16-9-29(20(30)19(11)16)13-2-3-27-18(6-13)31-10-17(22)23/h2-8,17,21H,9-10H2,1H3. The van der Waals surface area contributed by atoms with Crippen LogP contribution in [-0.2, 0) is 6.54 Å². The Labute approximate surface area is 179 Å². The van der Waals surface area contributed by atoms with Crippen molar-refractivity contribution in [2.75, 3.05) is 11.5 Å². The highest BCUT2D eigenvalue weighted by Crippen LogP contribution is 2.33. The van der Waals surface area contributed by atoms with Crippen LogP contribution in [0.25, 0.3) is 11.3 Å². The molecule has 3 aromatic heterocycles. The number of halogens is 4. The second-order valence-corrected chi connectivity index (χ2v) is 6.88. The quantitative estimate of drug-likeness (QED) is 0.503. The fraction of sp³-hybridized carbons (Fsp3) is 0.238. The Kier molecular flexibility index (Phi) is 5.89. The van der Waals surface area contributed by atoms with E-state index in [4.69, 9.17) is 4.74 Å². The van der Waals surface area contributed by atoms with E-state index in [1.165, 1.54) is 29.4 Å². The van der Waals surface area contributed by atoms with Gasteiger partial charge in [-0.05, 0) is 30.7 Å². The number of amides is 1. The van der Waals surface area contributed by atoms with Gasteiger partial charge in [-0.3, -0.25) is 14.8 Å². The fourth-order valence-electron chi connectivity index (χ4n) is 3.38. The van der Waals surface area contributed by atoms with Gasteiger partial charge in [-0.2, -0.15) is 8.78 Å². The summed E-state index contributed by atoms with van der Waals surface area (Å²) < 4.78 is 59.1. The largest absolute Gasteiger partial charge is 0.472 e. The number of hydrogen-bond donors (Lipinski definition) is 0. The van der Waals surface area contributed by atoms with Crippen molar-refractivity contribution < 1.29 is 31.8 Å². The number of carbonyl (C=O) groups is 1. The van der Waals surface area contributed by atoms with Crippen LogP contribution in [0.15, 0.2) is 42.9 Å². The Balaban J connectivity index is 1.62. The topological polar surface area (TPSA) is 77.4 Å². The summed E-state index contributed by atoms with van der Waals surface area (Å²) in [6.07, 6.45) is 1.33. The van der Waals surface area contributed by atoms with Crippen molar-refractivity contribution in [2.24, 2.45) is 0 Å². The summed E-state index contributed by atoms with van der Waals surface area (Å²) in [5.74, 6) is -0.447. The Morgan fingerprint density at radius 3 is 2.72 bits per heavy atom. The summed E-state index contributed by atoms with van der Waals surface area (Å²) in [6.45, 7) is -1.93. The van der Waals surface area contributed by atoms with Crippen LogP contribution in [0.1, 0.15) is 21.6 Å². The third-order valence-corrected chi connectivity index (χ3v) is 4.68. The third kappa shape index (κ3) is 4.46. The first-order chi connectivity index (χ1) is 15.3. The maximum atomic E-state index is 13.0. The molecule has 0 bridgehead atoms. The van der Waals surface area contributed by atoms with Crippen molar-refractivity contribution in [3.63, 3.8) is 0 Å². The molecule has 1 aliphatic heterocycles. The predicted molar refractivity (Wildman–Crippen MR) is 105 cm³/mol. The van der Waals surface area contributed by atoms with Crippen LogP contribution in [0, 0.1) is 6.92 Å². The number of nitrogens with zero attached hydrogens (tertiary/aromatic N) is 4. The molecule has 3 aromatic rings. The van der Waals surface area contributed by atoms with Crippen LogP contribution in [0.5, 0.6) is 11.6 Å². The minimum absolute atomic E-state index is 0.0288. The van der Waals surface area contributed by atoms with Crippen molar-refractivity contribution in [3.05, 3.63) is 59.7 Å². The molecule has 0 radical (unpaired) electrons. The molecule has 0 aromatic carbocycles. The number of hydrogen-bond acceptors (Lipinski definition) is 6. The zero-order valence-electron chi connectivity index (χ0n) is 16.6. The van der Waals surface area contributed by atoms with E-state index in [0.717, 1.165) is 6.20 Å². The van der Waals surface area contributed by atoms with E-state index < -0.39 is 19.6 Å². The van der Waals surface area contributed by atoms with Gasteiger partial charge in [0.25, 0.3) is 12.3 Å². The number of rotatable bonds is 7. The van der Waals surface area contributed by atoms with Crippen molar-refractivity contribution in [1.82, 2.24) is 15.0 Å². The molecule has 4 rings (SSSR count). The lowest BCUT2D eigenvalue weighted by molar-refractivity contribution is -0.0500. The molecule has 0 saturated heterocycles. The number of ether oxygens (including phenoxy) is 2. The van der Waals surface area contributed by atoms with E-state index >= 15 is 0 Å². The SMILES string of the molecule is Cc1cc(-c2cncc(OC(F)F)c2)nc2c1C(=O)N(c1ccnc(OCC(F)F)c1)C2. The van der Waals surface area contributed by atoms with Crippen molar-refractivity contribution in [1.29, 1.82) is 0 Å². The smallest absolute Gasteiger partial charge is 0.387 e. The Bertz CT molecular complexity index is 1160. The van der Waals surface area contributed by atoms with Gasteiger partial charge < -0.3 is 14.4 Å². The molecule has 0 spiro atoms. The van der Waals surface area contributed by atoms with Crippen molar-refractivity contribution >= 4 is 11.6 Å². The molecule has 32 heavy (non-hydrogen) atoms. The molecule has 0 atom stereocenters. The van der Waals surface area contributed by atoms with Gasteiger partial charge in [0, 0.05) is 24.0 Å². The van der Waals surface area contributed by atoms with Crippen LogP contribution in [0.4, 0.5) is 23.2 Å². The molecule has 1 amide bonds. The molecule has 11 heteroatoms. The van der Waals surface area contributed by atoms with Crippen LogP contribution in [-0.4, -0.2) is 40.5 Å². The summed E-state index contributed by atoms with van der Waals surface area (Å²) >= 11 is 0. The number of aryl methyl sites for hydroxylation is 1. The molecule has 0 unspecified atom stereocenters. The highest BCUT2D eigenvalue weighted by Gasteiger charge is 2.32. The summed E-state index contributed by atoms with van der Waals surface area (Å²) in [7, 11) is 0. The third-order valence-electron chi connectivity index (χ3n) is 4.68. The van der Waals surface area contributed by atoms with E-state index in [1.54, 1.807) is 19.1 Å². The molecule has 0 aliphatic carbocycles. The minimum Gasteiger partial charge on any atom is -0.472 e. The van der Waals surface area contributed by atoms with E-state index in [0.29, 0.717) is 33.8 Å². The Morgan fingerprint density at radius 2 is 1.97 bits per heavy atom. The average molecular weight is 448 g/mol. The summed E-state index contributed by atoms with van der Waals surface area (Å²) in [5.41, 5.74) is 2.85. The maximum absolute atomic E-state index is 13.0. The predicted octanol–water partition coefficient (Wildman–Crippen LogP) is 4.25. The fourth-order valence-corrected chi connectivity index (χ4v) is 3.38. The average Bonchev–Trinajstić information content (AvgIpc) is 3.09. The van der Waals surface area contributed by atoms with Crippen LogP contribution in [0.2, 0.25) is 0 Å². The Hall–Kier alpha value is -3.76. The van der Waals surface area contributed by atoms with Gasteiger partial charge in [0.1, 0.15) is 5.75 Å². The second-order valence-electron chi connectivity index (χ2n) is 6.88. The first-order valence-corrected chi connectivity index (χ1v) is 9.41. The number of fused-ring (bicyclic) bond motifs is 1. The number of alkyl halides is 4. The van der Waals surface area contributed by atoms with E-state index in [9.17, 15) is 22.4 Å². The molecule has 1 aliphatic rings. The van der Waals surface area contributed by atoms with E-state index in [2.05, 4.69) is 19.7 Å². The zero-order valence-corrected chi connectivity index (χ0v) is 16.6. The number of aromatic nitrogens is 3. The van der Waals surface area contributed by atoms with Gasteiger partial charge in [0.05, 0.1) is 35.4 Å². The maximum Gasteiger partial charge on any atom is 0.387 e. The highest BCUT2D eigenvalue weighted by atomic mass is 19.3. The van der Waals surface area contributed by atoms with Crippen LogP contribution >= 0.6 is 0 Å². The van der Waals surface area contributed by atoms with E-state index in [1.807, 2.05) is 0 Å². The van der Waals surface area contributed by atoms with Crippen molar-refractivity contribution in [3.8, 4) is 22.9 Å². The molecule has 4 heterocycles. The summed E-state index contributed by atoms with van der Waals surface area (Å²) in [5, 5.41) is 0. The molecule has 7 nitrogen and oxygen atoms in total. The van der Waals surface area contributed by atoms with Crippen LogP contribution in [0.3, 0.4) is 0 Å². The first kappa shape index (κ1) is 21.5. The normalized spacial score (nSPS) is 13.1. The lowest BCUT2D eigenvalue weighted by Gasteiger charge is -2.16. The molecule has 166 valence electrons. The number of pyridine rings is 3. The van der Waals surface area contributed by atoms with Gasteiger partial charge >= 0.3 is 6.61 Å². The van der Waals surface area contributed by atoms with Gasteiger partial charge in [-0.15, -0.1) is 0 Å². The minimum atomic E-state index is -2.98. The summed E-state index contributed by atoms with van der Waals surface area (Å²) in [6, 6.07) is 6.01. The summed E-state index contributed by atoms with van der Waals surface area (Å²) in [4.78, 5) is 26.7.